The molecule has 1 aromatic carbocycles. The van der Waals surface area contributed by atoms with Crippen LogP contribution in [0.1, 0.15) is 10.4 Å². The number of halogens is 2. The van der Waals surface area contributed by atoms with E-state index >= 15 is 0 Å². The maximum Gasteiger partial charge on any atom is 0.254 e. The van der Waals surface area contributed by atoms with Gasteiger partial charge in [-0.3, -0.25) is 4.79 Å². The van der Waals surface area contributed by atoms with E-state index in [1.807, 2.05) is 0 Å². The number of carbonyl (C=O) groups excluding carboxylic acids is 1. The zero-order valence-electron chi connectivity index (χ0n) is 10.9. The van der Waals surface area contributed by atoms with Gasteiger partial charge < -0.3 is 19.6 Å². The molecule has 0 radical (unpaired) electrons. The van der Waals surface area contributed by atoms with Crippen LogP contribution < -0.4 is 10.1 Å². The highest BCUT2D eigenvalue weighted by Crippen LogP contribution is 2.31. The number of rotatable bonds is 6. The Balaban J connectivity index is 1.78. The molecule has 0 aliphatic rings. The smallest absolute Gasteiger partial charge is 0.254 e. The maximum absolute atomic E-state index is 11.6. The first-order chi connectivity index (χ1) is 10.1. The highest BCUT2D eigenvalue weighted by molar-refractivity contribution is 6.42. The van der Waals surface area contributed by atoms with Crippen molar-refractivity contribution in [1.82, 2.24) is 5.32 Å². The van der Waals surface area contributed by atoms with E-state index in [1.54, 1.807) is 18.2 Å². The highest BCUT2D eigenvalue weighted by atomic mass is 35.5. The van der Waals surface area contributed by atoms with Crippen LogP contribution in [0.5, 0.6) is 5.75 Å². The largest absolute Gasteiger partial charge is 0.489 e. The molecule has 2 rings (SSSR count). The standard InChI is InChI=1S/C14H13Cl2NO4/c15-11-2-1-3-12(13(11)16)21-8-10(18)6-17-14(19)9-4-5-20-7-9/h1-5,7,10,18H,6,8H2,(H,17,19)/t10-/m1/s1. The minimum atomic E-state index is -0.879. The summed E-state index contributed by atoms with van der Waals surface area (Å²) in [5.74, 6) is 0.0490. The topological polar surface area (TPSA) is 71.7 Å². The van der Waals surface area contributed by atoms with Crippen LogP contribution in [0.25, 0.3) is 0 Å². The molecule has 0 spiro atoms. The van der Waals surface area contributed by atoms with Crippen LogP contribution in [0.4, 0.5) is 0 Å². The molecule has 2 aromatic rings. The van der Waals surface area contributed by atoms with Crippen LogP contribution in [0.15, 0.2) is 41.2 Å². The van der Waals surface area contributed by atoms with E-state index in [0.717, 1.165) is 0 Å². The van der Waals surface area contributed by atoms with Crippen LogP contribution in [-0.2, 0) is 0 Å². The summed E-state index contributed by atoms with van der Waals surface area (Å²) in [6.07, 6.45) is 1.84. The Labute approximate surface area is 131 Å². The van der Waals surface area contributed by atoms with Crippen molar-refractivity contribution in [3.63, 3.8) is 0 Å². The van der Waals surface area contributed by atoms with Crippen molar-refractivity contribution < 1.29 is 19.1 Å². The summed E-state index contributed by atoms with van der Waals surface area (Å²) in [6.45, 7) is 0.0218. The van der Waals surface area contributed by atoms with Crippen molar-refractivity contribution in [2.75, 3.05) is 13.2 Å². The van der Waals surface area contributed by atoms with Gasteiger partial charge in [-0.2, -0.15) is 0 Å². The molecule has 0 unspecified atom stereocenters. The summed E-state index contributed by atoms with van der Waals surface area (Å²) < 4.78 is 10.2. The SMILES string of the molecule is O=C(NC[C@@H](O)COc1cccc(Cl)c1Cl)c1ccoc1. The molecule has 0 aliphatic carbocycles. The van der Waals surface area contributed by atoms with Crippen LogP contribution >= 0.6 is 23.2 Å². The van der Waals surface area contributed by atoms with Gasteiger partial charge in [0.15, 0.2) is 0 Å². The molecular weight excluding hydrogens is 317 g/mol. The average molecular weight is 330 g/mol. The van der Waals surface area contributed by atoms with Gasteiger partial charge in [-0.15, -0.1) is 0 Å². The van der Waals surface area contributed by atoms with E-state index in [0.29, 0.717) is 16.3 Å². The fourth-order valence-electron chi connectivity index (χ4n) is 1.55. The lowest BCUT2D eigenvalue weighted by Gasteiger charge is -2.14. The molecule has 1 atom stereocenters. The number of aliphatic hydroxyl groups is 1. The van der Waals surface area contributed by atoms with Gasteiger partial charge >= 0.3 is 0 Å². The molecule has 5 nitrogen and oxygen atoms in total. The minimum absolute atomic E-state index is 0.0221. The third kappa shape index (κ3) is 4.39. The number of nitrogens with one attached hydrogen (secondary N) is 1. The molecule has 0 saturated carbocycles. The summed E-state index contributed by atoms with van der Waals surface area (Å²) in [5, 5.41) is 13.0. The number of carbonyl (C=O) groups is 1. The van der Waals surface area contributed by atoms with E-state index < -0.39 is 6.10 Å². The second-order valence-electron chi connectivity index (χ2n) is 4.24. The monoisotopic (exact) mass is 329 g/mol. The summed E-state index contributed by atoms with van der Waals surface area (Å²) >= 11 is 11.8. The van der Waals surface area contributed by atoms with E-state index in [4.69, 9.17) is 32.4 Å². The molecule has 0 bridgehead atoms. The Kier molecular flexibility index (Phi) is 5.50. The molecule has 0 aliphatic heterocycles. The highest BCUT2D eigenvalue weighted by Gasteiger charge is 2.12. The predicted octanol–water partition coefficient (Wildman–Crippen LogP) is 2.76. The van der Waals surface area contributed by atoms with E-state index in [9.17, 15) is 9.90 Å². The first kappa shape index (κ1) is 15.7. The number of hydrogen-bond donors (Lipinski definition) is 2. The van der Waals surface area contributed by atoms with Crippen molar-refractivity contribution in [3.8, 4) is 5.75 Å². The van der Waals surface area contributed by atoms with Crippen molar-refractivity contribution in [1.29, 1.82) is 0 Å². The van der Waals surface area contributed by atoms with Crippen LogP contribution in [0, 0.1) is 0 Å². The lowest BCUT2D eigenvalue weighted by Crippen LogP contribution is -2.35. The van der Waals surface area contributed by atoms with Crippen LogP contribution in [0.2, 0.25) is 10.0 Å². The Morgan fingerprint density at radius 1 is 1.38 bits per heavy atom. The van der Waals surface area contributed by atoms with Gasteiger partial charge in [-0.25, -0.2) is 0 Å². The number of furan rings is 1. The van der Waals surface area contributed by atoms with Gasteiger partial charge in [-0.1, -0.05) is 29.3 Å². The Hall–Kier alpha value is -1.69. The minimum Gasteiger partial charge on any atom is -0.489 e. The molecule has 21 heavy (non-hydrogen) atoms. The molecule has 0 fully saturated rings. The quantitative estimate of drug-likeness (QED) is 0.854. The second kappa shape index (κ2) is 7.36. The average Bonchev–Trinajstić information content (AvgIpc) is 3.00. The third-order valence-electron chi connectivity index (χ3n) is 2.63. The summed E-state index contributed by atoms with van der Waals surface area (Å²) in [6, 6.07) is 6.50. The zero-order valence-corrected chi connectivity index (χ0v) is 12.4. The van der Waals surface area contributed by atoms with Gasteiger partial charge in [0.25, 0.3) is 5.91 Å². The normalized spacial score (nSPS) is 12.0. The lowest BCUT2D eigenvalue weighted by atomic mass is 10.3. The molecule has 7 heteroatoms. The number of amides is 1. The molecule has 1 aromatic heterocycles. The molecule has 0 saturated heterocycles. The Morgan fingerprint density at radius 2 is 2.19 bits per heavy atom. The summed E-state index contributed by atoms with van der Waals surface area (Å²) in [5.41, 5.74) is 0.390. The van der Waals surface area contributed by atoms with E-state index in [-0.39, 0.29) is 24.1 Å². The first-order valence-electron chi connectivity index (χ1n) is 6.13. The summed E-state index contributed by atoms with van der Waals surface area (Å²) in [7, 11) is 0. The van der Waals surface area contributed by atoms with Gasteiger partial charge in [-0.05, 0) is 18.2 Å². The van der Waals surface area contributed by atoms with Gasteiger partial charge in [0.1, 0.15) is 29.7 Å². The fraction of sp³-hybridized carbons (Fsp3) is 0.214. The van der Waals surface area contributed by atoms with Crippen molar-refractivity contribution in [3.05, 3.63) is 52.4 Å². The van der Waals surface area contributed by atoms with E-state index in [1.165, 1.54) is 18.6 Å². The predicted molar refractivity (Wildman–Crippen MR) is 79.0 cm³/mol. The number of hydrogen-bond acceptors (Lipinski definition) is 4. The fourth-order valence-corrected chi connectivity index (χ4v) is 1.89. The van der Waals surface area contributed by atoms with Crippen molar-refractivity contribution >= 4 is 29.1 Å². The van der Waals surface area contributed by atoms with Crippen LogP contribution in [-0.4, -0.2) is 30.3 Å². The Bertz CT molecular complexity index is 601. The Morgan fingerprint density at radius 3 is 2.90 bits per heavy atom. The van der Waals surface area contributed by atoms with Gasteiger partial charge in [0, 0.05) is 6.54 Å². The van der Waals surface area contributed by atoms with Gasteiger partial charge in [0.2, 0.25) is 0 Å². The maximum atomic E-state index is 11.6. The molecular formula is C14H13Cl2NO4. The zero-order chi connectivity index (χ0) is 15.2. The number of ether oxygens (including phenoxy) is 1. The molecule has 1 heterocycles. The van der Waals surface area contributed by atoms with Crippen molar-refractivity contribution in [2.45, 2.75) is 6.10 Å². The second-order valence-corrected chi connectivity index (χ2v) is 5.02. The molecule has 2 N–H and O–H groups in total. The van der Waals surface area contributed by atoms with Crippen LogP contribution in [0.3, 0.4) is 0 Å². The summed E-state index contributed by atoms with van der Waals surface area (Å²) in [4.78, 5) is 11.6. The van der Waals surface area contributed by atoms with Gasteiger partial charge in [0.05, 0.1) is 16.8 Å². The lowest BCUT2D eigenvalue weighted by molar-refractivity contribution is 0.0843. The van der Waals surface area contributed by atoms with Crippen molar-refractivity contribution in [2.24, 2.45) is 0 Å². The molecule has 1 amide bonds. The molecule has 112 valence electrons. The third-order valence-corrected chi connectivity index (χ3v) is 3.43. The van der Waals surface area contributed by atoms with E-state index in [2.05, 4.69) is 5.32 Å². The number of benzene rings is 1. The number of aliphatic hydroxyl groups excluding tert-OH is 1. The first-order valence-corrected chi connectivity index (χ1v) is 6.89.